The smallest absolute Gasteiger partial charge is 0.0642 e. The van der Waals surface area contributed by atoms with E-state index in [4.69, 9.17) is 10.5 Å². The summed E-state index contributed by atoms with van der Waals surface area (Å²) in [5.74, 6) is 0. The summed E-state index contributed by atoms with van der Waals surface area (Å²) < 4.78 is 5.42. The third kappa shape index (κ3) is 3.77. The van der Waals surface area contributed by atoms with E-state index in [1.54, 1.807) is 0 Å². The molecule has 1 aliphatic rings. The summed E-state index contributed by atoms with van der Waals surface area (Å²) in [4.78, 5) is 4.64. The van der Waals surface area contributed by atoms with Crippen molar-refractivity contribution in [2.75, 3.05) is 48.4 Å². The number of rotatable bonds is 5. The largest absolute Gasteiger partial charge is 0.397 e. The van der Waals surface area contributed by atoms with Gasteiger partial charge in [0, 0.05) is 31.9 Å². The highest BCUT2D eigenvalue weighted by Crippen LogP contribution is 2.29. The Labute approximate surface area is 138 Å². The second-order valence-corrected chi connectivity index (χ2v) is 5.84. The van der Waals surface area contributed by atoms with Gasteiger partial charge in [-0.25, -0.2) is 0 Å². The molecule has 0 unspecified atom stereocenters. The average molecular weight is 311 g/mol. The van der Waals surface area contributed by atoms with Gasteiger partial charge in [-0.1, -0.05) is 30.3 Å². The van der Waals surface area contributed by atoms with Crippen LogP contribution in [0.4, 0.5) is 17.1 Å². The van der Waals surface area contributed by atoms with Gasteiger partial charge < -0.3 is 20.3 Å². The molecule has 2 aromatic carbocycles. The highest BCUT2D eigenvalue weighted by atomic mass is 16.5. The van der Waals surface area contributed by atoms with Gasteiger partial charge in [-0.05, 0) is 30.7 Å². The number of benzene rings is 2. The second kappa shape index (κ2) is 7.38. The molecule has 0 radical (unpaired) electrons. The third-order valence-electron chi connectivity index (χ3n) is 4.33. The van der Waals surface area contributed by atoms with Gasteiger partial charge in [-0.15, -0.1) is 0 Å². The minimum Gasteiger partial charge on any atom is -0.397 e. The first-order valence-electron chi connectivity index (χ1n) is 8.29. The lowest BCUT2D eigenvalue weighted by Crippen LogP contribution is -2.36. The van der Waals surface area contributed by atoms with Crippen LogP contribution < -0.4 is 15.5 Å². The molecule has 2 N–H and O–H groups in total. The zero-order chi connectivity index (χ0) is 16.1. The van der Waals surface area contributed by atoms with E-state index >= 15 is 0 Å². The van der Waals surface area contributed by atoms with Crippen LogP contribution in [-0.2, 0) is 11.3 Å². The van der Waals surface area contributed by atoms with E-state index in [-0.39, 0.29) is 0 Å². The van der Waals surface area contributed by atoms with Gasteiger partial charge in [0.05, 0.1) is 24.6 Å². The Kier molecular flexibility index (Phi) is 5.03. The number of anilines is 3. The Morgan fingerprint density at radius 3 is 2.48 bits per heavy atom. The highest BCUT2D eigenvalue weighted by molar-refractivity contribution is 5.73. The summed E-state index contributed by atoms with van der Waals surface area (Å²) >= 11 is 0. The number of nitrogens with zero attached hydrogens (tertiary/aromatic N) is 2. The molecule has 1 fully saturated rings. The fourth-order valence-electron chi connectivity index (χ4n) is 3.02. The van der Waals surface area contributed by atoms with Crippen molar-refractivity contribution in [2.45, 2.75) is 13.5 Å². The maximum atomic E-state index is 6.36. The normalized spacial score (nSPS) is 14.7. The number of hydrogen-bond donors (Lipinski definition) is 1. The predicted octanol–water partition coefficient (Wildman–Crippen LogP) is 3.13. The van der Waals surface area contributed by atoms with E-state index in [0.717, 1.165) is 50.8 Å². The number of hydrogen-bond acceptors (Lipinski definition) is 4. The molecule has 2 aromatic rings. The van der Waals surface area contributed by atoms with Gasteiger partial charge >= 0.3 is 0 Å². The minimum atomic E-state index is 0.788. The van der Waals surface area contributed by atoms with E-state index < -0.39 is 0 Å². The van der Waals surface area contributed by atoms with E-state index in [0.29, 0.717) is 0 Å². The van der Waals surface area contributed by atoms with Crippen LogP contribution in [0.3, 0.4) is 0 Å². The quantitative estimate of drug-likeness (QED) is 0.862. The summed E-state index contributed by atoms with van der Waals surface area (Å²) in [6, 6.07) is 16.9. The van der Waals surface area contributed by atoms with Crippen molar-refractivity contribution in [3.63, 3.8) is 0 Å². The predicted molar refractivity (Wildman–Crippen MR) is 97.1 cm³/mol. The highest BCUT2D eigenvalue weighted by Gasteiger charge is 2.14. The number of nitrogen functional groups attached to an aromatic ring is 1. The van der Waals surface area contributed by atoms with Crippen LogP contribution in [0.15, 0.2) is 48.5 Å². The second-order valence-electron chi connectivity index (χ2n) is 5.84. The summed E-state index contributed by atoms with van der Waals surface area (Å²) in [5.41, 5.74) is 10.8. The molecule has 4 heteroatoms. The van der Waals surface area contributed by atoms with Gasteiger partial charge in [-0.2, -0.15) is 0 Å². The zero-order valence-electron chi connectivity index (χ0n) is 13.7. The van der Waals surface area contributed by atoms with Crippen molar-refractivity contribution < 1.29 is 4.74 Å². The SMILES string of the molecule is CCN(Cc1ccccc1)c1ccc(N2CCOCC2)cc1N. The maximum absolute atomic E-state index is 6.36. The van der Waals surface area contributed by atoms with E-state index in [9.17, 15) is 0 Å². The first-order chi connectivity index (χ1) is 11.3. The van der Waals surface area contributed by atoms with Crippen molar-refractivity contribution in [1.29, 1.82) is 0 Å². The molecule has 0 amide bonds. The van der Waals surface area contributed by atoms with E-state index in [1.165, 1.54) is 11.3 Å². The Balaban J connectivity index is 1.78. The summed E-state index contributed by atoms with van der Waals surface area (Å²) in [7, 11) is 0. The molecule has 122 valence electrons. The molecule has 23 heavy (non-hydrogen) atoms. The Morgan fingerprint density at radius 1 is 1.09 bits per heavy atom. The van der Waals surface area contributed by atoms with Crippen LogP contribution in [0.1, 0.15) is 12.5 Å². The molecule has 0 bridgehead atoms. The summed E-state index contributed by atoms with van der Waals surface area (Å²) in [5, 5.41) is 0. The lowest BCUT2D eigenvalue weighted by molar-refractivity contribution is 0.122. The summed E-state index contributed by atoms with van der Waals surface area (Å²) in [6.07, 6.45) is 0. The van der Waals surface area contributed by atoms with Crippen LogP contribution >= 0.6 is 0 Å². The molecule has 1 saturated heterocycles. The molecule has 0 aromatic heterocycles. The Hall–Kier alpha value is -2.20. The van der Waals surface area contributed by atoms with Gasteiger partial charge in [0.15, 0.2) is 0 Å². The van der Waals surface area contributed by atoms with Crippen molar-refractivity contribution >= 4 is 17.1 Å². The molecular weight excluding hydrogens is 286 g/mol. The van der Waals surface area contributed by atoms with Crippen LogP contribution in [-0.4, -0.2) is 32.8 Å². The molecule has 1 heterocycles. The van der Waals surface area contributed by atoms with Gasteiger partial charge in [0.2, 0.25) is 0 Å². The average Bonchev–Trinajstić information content (AvgIpc) is 2.61. The lowest BCUT2D eigenvalue weighted by Gasteiger charge is -2.30. The van der Waals surface area contributed by atoms with Crippen molar-refractivity contribution in [2.24, 2.45) is 0 Å². The molecule has 0 spiro atoms. The first-order valence-corrected chi connectivity index (χ1v) is 8.29. The number of ether oxygens (including phenoxy) is 1. The fourth-order valence-corrected chi connectivity index (χ4v) is 3.02. The molecule has 0 saturated carbocycles. The molecule has 0 atom stereocenters. The van der Waals surface area contributed by atoms with Crippen LogP contribution in [0.5, 0.6) is 0 Å². The van der Waals surface area contributed by atoms with Crippen LogP contribution in [0.2, 0.25) is 0 Å². The van der Waals surface area contributed by atoms with Gasteiger partial charge in [0.1, 0.15) is 0 Å². The fraction of sp³-hybridized carbons (Fsp3) is 0.368. The number of morpholine rings is 1. The topological polar surface area (TPSA) is 41.7 Å². The van der Waals surface area contributed by atoms with Crippen molar-refractivity contribution in [1.82, 2.24) is 0 Å². The zero-order valence-corrected chi connectivity index (χ0v) is 13.7. The molecular formula is C19H25N3O. The standard InChI is InChI=1S/C19H25N3O/c1-2-21(15-16-6-4-3-5-7-16)19-9-8-17(14-18(19)20)22-10-12-23-13-11-22/h3-9,14H,2,10-13,15,20H2,1H3. The number of nitrogens with two attached hydrogens (primary N) is 1. The molecule has 0 aliphatic carbocycles. The molecule has 3 rings (SSSR count). The molecule has 4 nitrogen and oxygen atoms in total. The molecule has 1 aliphatic heterocycles. The minimum absolute atomic E-state index is 0.788. The third-order valence-corrected chi connectivity index (χ3v) is 4.33. The lowest BCUT2D eigenvalue weighted by atomic mass is 10.1. The Morgan fingerprint density at radius 2 is 1.83 bits per heavy atom. The van der Waals surface area contributed by atoms with E-state index in [1.807, 2.05) is 6.07 Å². The van der Waals surface area contributed by atoms with Crippen molar-refractivity contribution in [3.8, 4) is 0 Å². The maximum Gasteiger partial charge on any atom is 0.0642 e. The van der Waals surface area contributed by atoms with Gasteiger partial charge in [0.25, 0.3) is 0 Å². The van der Waals surface area contributed by atoms with Crippen LogP contribution in [0.25, 0.3) is 0 Å². The Bertz CT molecular complexity index is 624. The van der Waals surface area contributed by atoms with E-state index in [2.05, 4.69) is 59.2 Å². The van der Waals surface area contributed by atoms with Crippen LogP contribution in [0, 0.1) is 0 Å². The van der Waals surface area contributed by atoms with Gasteiger partial charge in [-0.3, -0.25) is 0 Å². The van der Waals surface area contributed by atoms with Crippen molar-refractivity contribution in [3.05, 3.63) is 54.1 Å². The monoisotopic (exact) mass is 311 g/mol. The summed E-state index contributed by atoms with van der Waals surface area (Å²) in [6.45, 7) is 7.40. The first kappa shape index (κ1) is 15.7.